The monoisotopic (exact) mass is 572 g/mol. The number of halogens is 1. The Morgan fingerprint density at radius 2 is 1.82 bits per heavy atom. The minimum Gasteiger partial charge on any atom is -0.489 e. The number of sulfone groups is 1. The number of hydrogen-bond donors (Lipinski definition) is 1. The van der Waals surface area contributed by atoms with Crippen molar-refractivity contribution in [3.63, 3.8) is 0 Å². The van der Waals surface area contributed by atoms with Crippen LogP contribution in [-0.2, 0) is 21.2 Å². The number of aromatic nitrogens is 2. The molecule has 0 saturated carbocycles. The molecule has 0 bridgehead atoms. The summed E-state index contributed by atoms with van der Waals surface area (Å²) in [4.78, 5) is 12.9. The Labute approximate surface area is 237 Å². The first kappa shape index (κ1) is 27.2. The van der Waals surface area contributed by atoms with Gasteiger partial charge in [0.2, 0.25) is 0 Å². The topological polar surface area (TPSA) is 114 Å². The van der Waals surface area contributed by atoms with Crippen LogP contribution < -0.4 is 10.1 Å². The molecule has 0 aliphatic carbocycles. The normalized spacial score (nSPS) is 16.3. The summed E-state index contributed by atoms with van der Waals surface area (Å²) >= 11 is 6.23. The number of hydrogen-bond acceptors (Lipinski definition) is 6. The fourth-order valence-electron chi connectivity index (χ4n) is 4.39. The molecule has 1 unspecified atom stereocenters. The second kappa shape index (κ2) is 11.8. The molecule has 0 spiro atoms. The number of rotatable bonds is 8. The summed E-state index contributed by atoms with van der Waals surface area (Å²) in [6, 6.07) is 25.7. The highest BCUT2D eigenvalue weighted by Gasteiger charge is 2.29. The Kier molecular flexibility index (Phi) is 8.01. The molecule has 10 heteroatoms. The highest BCUT2D eigenvalue weighted by Crippen LogP contribution is 2.28. The number of nitrogens with one attached hydrogen (secondary N) is 1. The van der Waals surface area contributed by atoms with Crippen LogP contribution in [0.1, 0.15) is 17.5 Å². The number of carbonyl (C=O) groups excluding carboxylic acids is 1. The molecule has 1 amide bonds. The Hall–Kier alpha value is -4.39. The molecule has 1 N–H and O–H groups in total. The first-order valence-electron chi connectivity index (χ1n) is 12.6. The zero-order chi connectivity index (χ0) is 28.1. The Balaban J connectivity index is 1.42. The number of nitriles is 1. The van der Waals surface area contributed by atoms with Gasteiger partial charge in [0.1, 0.15) is 24.0 Å². The lowest BCUT2D eigenvalue weighted by Gasteiger charge is -2.10. The summed E-state index contributed by atoms with van der Waals surface area (Å²) in [5.74, 6) is -0.0759. The molecule has 1 fully saturated rings. The van der Waals surface area contributed by atoms with Crippen LogP contribution in [0.3, 0.4) is 0 Å². The van der Waals surface area contributed by atoms with Gasteiger partial charge >= 0.3 is 0 Å². The van der Waals surface area contributed by atoms with Gasteiger partial charge in [-0.1, -0.05) is 48.0 Å². The van der Waals surface area contributed by atoms with Crippen LogP contribution in [0.4, 0.5) is 0 Å². The van der Waals surface area contributed by atoms with Crippen molar-refractivity contribution < 1.29 is 17.9 Å². The van der Waals surface area contributed by atoms with Crippen molar-refractivity contribution in [1.82, 2.24) is 15.1 Å². The van der Waals surface area contributed by atoms with Crippen molar-refractivity contribution in [2.24, 2.45) is 0 Å². The smallest absolute Gasteiger partial charge is 0.262 e. The average Bonchev–Trinajstić information content (AvgIpc) is 3.54. The van der Waals surface area contributed by atoms with Crippen LogP contribution in [0.15, 0.2) is 90.6 Å². The standard InChI is InChI=1S/C30H25ClN4O4S/c31-28-9-5-4-6-22(28)19-39-27-12-10-21(11-13-27)29-24(18-35(34-29)26-7-2-1-3-8-26)16-23(17-32)30(36)33-25-14-15-40(37,38)20-25/h1-13,16,18,25H,14-15,19-20H2,(H,33,36). The van der Waals surface area contributed by atoms with Gasteiger partial charge in [0.25, 0.3) is 5.91 Å². The predicted molar refractivity (Wildman–Crippen MR) is 154 cm³/mol. The molecule has 5 rings (SSSR count). The zero-order valence-corrected chi connectivity index (χ0v) is 22.9. The minimum absolute atomic E-state index is 0.0235. The fraction of sp³-hybridized carbons (Fsp3) is 0.167. The van der Waals surface area contributed by atoms with Crippen LogP contribution in [0.25, 0.3) is 23.0 Å². The summed E-state index contributed by atoms with van der Waals surface area (Å²) in [6.07, 6.45) is 3.55. The maximum Gasteiger partial charge on any atom is 0.262 e. The number of benzene rings is 3. The molecule has 8 nitrogen and oxygen atoms in total. The minimum atomic E-state index is -3.18. The molecular weight excluding hydrogens is 548 g/mol. The van der Waals surface area contributed by atoms with Crippen LogP contribution >= 0.6 is 11.6 Å². The van der Waals surface area contributed by atoms with Crippen molar-refractivity contribution >= 4 is 33.4 Å². The molecule has 1 aliphatic rings. The predicted octanol–water partition coefficient (Wildman–Crippen LogP) is 4.98. The lowest BCUT2D eigenvalue weighted by Crippen LogP contribution is -2.36. The van der Waals surface area contributed by atoms with Gasteiger partial charge < -0.3 is 10.1 Å². The van der Waals surface area contributed by atoms with Crippen LogP contribution in [0.2, 0.25) is 5.02 Å². The van der Waals surface area contributed by atoms with Crippen molar-refractivity contribution in [1.29, 1.82) is 5.26 Å². The van der Waals surface area contributed by atoms with Gasteiger partial charge in [-0.05, 0) is 55.0 Å². The van der Waals surface area contributed by atoms with Gasteiger partial charge in [-0.25, -0.2) is 13.1 Å². The summed E-state index contributed by atoms with van der Waals surface area (Å²) in [6.45, 7) is 0.318. The molecule has 4 aromatic rings. The number of carbonyl (C=O) groups is 1. The van der Waals surface area contributed by atoms with E-state index in [-0.39, 0.29) is 17.1 Å². The van der Waals surface area contributed by atoms with Gasteiger partial charge in [0, 0.05) is 34.0 Å². The molecule has 1 saturated heterocycles. The van der Waals surface area contributed by atoms with E-state index in [1.54, 1.807) is 10.9 Å². The van der Waals surface area contributed by atoms with Gasteiger partial charge in [-0.15, -0.1) is 0 Å². The second-order valence-electron chi connectivity index (χ2n) is 9.36. The van der Waals surface area contributed by atoms with Crippen molar-refractivity contribution in [2.75, 3.05) is 11.5 Å². The molecule has 0 radical (unpaired) electrons. The van der Waals surface area contributed by atoms with Gasteiger partial charge in [-0.3, -0.25) is 4.79 Å². The number of amides is 1. The summed E-state index contributed by atoms with van der Waals surface area (Å²) in [5.41, 5.74) is 3.41. The average molecular weight is 573 g/mol. The van der Waals surface area contributed by atoms with Crippen LogP contribution in [-0.4, -0.2) is 41.7 Å². The van der Waals surface area contributed by atoms with E-state index >= 15 is 0 Å². The maximum atomic E-state index is 12.9. The second-order valence-corrected chi connectivity index (χ2v) is 12.0. The number of para-hydroxylation sites is 1. The van der Waals surface area contributed by atoms with Gasteiger partial charge in [0.15, 0.2) is 9.84 Å². The Morgan fingerprint density at radius 3 is 2.50 bits per heavy atom. The molecule has 1 aliphatic heterocycles. The lowest BCUT2D eigenvalue weighted by molar-refractivity contribution is -0.117. The van der Waals surface area contributed by atoms with E-state index in [1.807, 2.05) is 84.9 Å². The van der Waals surface area contributed by atoms with E-state index in [1.165, 1.54) is 6.08 Å². The van der Waals surface area contributed by atoms with Crippen LogP contribution in [0, 0.1) is 11.3 Å². The van der Waals surface area contributed by atoms with Crippen molar-refractivity contribution in [3.05, 3.63) is 107 Å². The lowest BCUT2D eigenvalue weighted by atomic mass is 10.1. The van der Waals surface area contributed by atoms with Crippen molar-refractivity contribution in [3.8, 4) is 28.8 Å². The summed E-state index contributed by atoms with van der Waals surface area (Å²) in [7, 11) is -3.18. The van der Waals surface area contributed by atoms with E-state index in [0.29, 0.717) is 35.1 Å². The quantitative estimate of drug-likeness (QED) is 0.235. The first-order chi connectivity index (χ1) is 19.3. The molecule has 202 valence electrons. The Morgan fingerprint density at radius 1 is 1.10 bits per heavy atom. The Bertz CT molecular complexity index is 1710. The maximum absolute atomic E-state index is 12.9. The number of nitrogens with zero attached hydrogens (tertiary/aromatic N) is 3. The van der Waals surface area contributed by atoms with Gasteiger partial charge in [0.05, 0.1) is 22.9 Å². The third-order valence-corrected chi connectivity index (χ3v) is 8.61. The molecule has 1 atom stereocenters. The van der Waals surface area contributed by atoms with Gasteiger partial charge in [-0.2, -0.15) is 10.4 Å². The van der Waals surface area contributed by atoms with E-state index in [9.17, 15) is 18.5 Å². The molecule has 3 aromatic carbocycles. The highest BCUT2D eigenvalue weighted by molar-refractivity contribution is 7.91. The zero-order valence-electron chi connectivity index (χ0n) is 21.3. The third kappa shape index (κ3) is 6.42. The van der Waals surface area contributed by atoms with E-state index in [2.05, 4.69) is 5.32 Å². The van der Waals surface area contributed by atoms with Crippen LogP contribution in [0.5, 0.6) is 5.75 Å². The van der Waals surface area contributed by atoms with E-state index in [0.717, 1.165) is 16.8 Å². The first-order valence-corrected chi connectivity index (χ1v) is 14.8. The summed E-state index contributed by atoms with van der Waals surface area (Å²) in [5, 5.41) is 17.8. The summed E-state index contributed by atoms with van der Waals surface area (Å²) < 4.78 is 31.2. The number of ether oxygens (including phenoxy) is 1. The van der Waals surface area contributed by atoms with E-state index < -0.39 is 21.8 Å². The molecule has 40 heavy (non-hydrogen) atoms. The third-order valence-electron chi connectivity index (χ3n) is 6.48. The molecular formula is C30H25ClN4O4S. The molecule has 1 aromatic heterocycles. The SMILES string of the molecule is N#CC(=Cc1cn(-c2ccccc2)nc1-c1ccc(OCc2ccccc2Cl)cc1)C(=O)NC1CCS(=O)(=O)C1. The largest absolute Gasteiger partial charge is 0.489 e. The fourth-order valence-corrected chi connectivity index (χ4v) is 6.26. The highest BCUT2D eigenvalue weighted by atomic mass is 35.5. The molecule has 2 heterocycles. The van der Waals surface area contributed by atoms with E-state index in [4.69, 9.17) is 21.4 Å². The van der Waals surface area contributed by atoms with Crippen molar-refractivity contribution in [2.45, 2.75) is 19.1 Å².